The molecule has 2 saturated heterocycles. The van der Waals surface area contributed by atoms with Gasteiger partial charge in [0.1, 0.15) is 0 Å². The normalized spacial score (nSPS) is 22.1. The SMILES string of the molecule is CCNC(=O)N1CCN(C(C)C(=O)N2CCCCCC2)CC1. The Morgan fingerprint density at radius 1 is 0.909 bits per heavy atom. The predicted molar refractivity (Wildman–Crippen MR) is 86.7 cm³/mol. The molecule has 0 aliphatic carbocycles. The molecule has 0 radical (unpaired) electrons. The highest BCUT2D eigenvalue weighted by Gasteiger charge is 2.29. The van der Waals surface area contributed by atoms with Crippen LogP contribution in [0.25, 0.3) is 0 Å². The molecule has 0 bridgehead atoms. The monoisotopic (exact) mass is 310 g/mol. The minimum Gasteiger partial charge on any atom is -0.341 e. The van der Waals surface area contributed by atoms with Crippen LogP contribution in [-0.4, -0.2) is 78.5 Å². The highest BCUT2D eigenvalue weighted by molar-refractivity contribution is 5.81. The second-order valence-electron chi connectivity index (χ2n) is 6.27. The number of carbonyl (C=O) groups is 2. The van der Waals surface area contributed by atoms with Crippen molar-refractivity contribution in [2.24, 2.45) is 0 Å². The molecule has 22 heavy (non-hydrogen) atoms. The molecule has 0 aromatic carbocycles. The minimum atomic E-state index is -0.0745. The maximum atomic E-state index is 12.7. The van der Waals surface area contributed by atoms with Crippen LogP contribution in [0.5, 0.6) is 0 Å². The van der Waals surface area contributed by atoms with Crippen molar-refractivity contribution >= 4 is 11.9 Å². The van der Waals surface area contributed by atoms with E-state index in [1.54, 1.807) is 0 Å². The number of piperazine rings is 1. The van der Waals surface area contributed by atoms with E-state index in [2.05, 4.69) is 10.2 Å². The zero-order valence-corrected chi connectivity index (χ0v) is 14.0. The summed E-state index contributed by atoms with van der Waals surface area (Å²) < 4.78 is 0. The first-order valence-electron chi connectivity index (χ1n) is 8.69. The summed E-state index contributed by atoms with van der Waals surface area (Å²) in [6.07, 6.45) is 4.74. The summed E-state index contributed by atoms with van der Waals surface area (Å²) in [6.45, 7) is 9.35. The van der Waals surface area contributed by atoms with Crippen molar-refractivity contribution in [3.05, 3.63) is 0 Å². The first-order chi connectivity index (χ1) is 10.6. The van der Waals surface area contributed by atoms with E-state index in [1.807, 2.05) is 23.6 Å². The fourth-order valence-electron chi connectivity index (χ4n) is 3.29. The maximum absolute atomic E-state index is 12.7. The van der Waals surface area contributed by atoms with Crippen LogP contribution >= 0.6 is 0 Å². The number of amides is 3. The molecule has 6 heteroatoms. The molecule has 0 spiro atoms. The van der Waals surface area contributed by atoms with E-state index in [9.17, 15) is 9.59 Å². The molecule has 2 aliphatic rings. The summed E-state index contributed by atoms with van der Waals surface area (Å²) >= 11 is 0. The zero-order valence-electron chi connectivity index (χ0n) is 14.0. The number of nitrogens with zero attached hydrogens (tertiary/aromatic N) is 3. The Bertz CT molecular complexity index is 372. The standard InChI is InChI=1S/C16H30N4O2/c1-3-17-16(22)20-12-10-18(11-13-20)14(2)15(21)19-8-6-4-5-7-9-19/h14H,3-13H2,1-2H3,(H,17,22). The molecule has 0 aromatic rings. The zero-order chi connectivity index (χ0) is 15.9. The van der Waals surface area contributed by atoms with Gasteiger partial charge in [0.2, 0.25) is 5.91 Å². The first kappa shape index (κ1) is 17.1. The Morgan fingerprint density at radius 2 is 1.50 bits per heavy atom. The van der Waals surface area contributed by atoms with Crippen molar-refractivity contribution in [1.29, 1.82) is 0 Å². The highest BCUT2D eigenvalue weighted by atomic mass is 16.2. The second kappa shape index (κ2) is 8.36. The van der Waals surface area contributed by atoms with Crippen LogP contribution in [0.3, 0.4) is 0 Å². The van der Waals surface area contributed by atoms with Gasteiger partial charge in [0.25, 0.3) is 0 Å². The fraction of sp³-hybridized carbons (Fsp3) is 0.875. The third kappa shape index (κ3) is 4.35. The van der Waals surface area contributed by atoms with E-state index >= 15 is 0 Å². The number of likely N-dealkylation sites (tertiary alicyclic amines) is 1. The van der Waals surface area contributed by atoms with Gasteiger partial charge < -0.3 is 15.1 Å². The number of urea groups is 1. The second-order valence-corrected chi connectivity index (χ2v) is 6.27. The van der Waals surface area contributed by atoms with Gasteiger partial charge in [-0.05, 0) is 26.7 Å². The lowest BCUT2D eigenvalue weighted by Crippen LogP contribution is -2.57. The van der Waals surface area contributed by atoms with E-state index in [0.717, 1.165) is 39.0 Å². The summed E-state index contributed by atoms with van der Waals surface area (Å²) in [5, 5.41) is 2.83. The lowest BCUT2D eigenvalue weighted by Gasteiger charge is -2.38. The van der Waals surface area contributed by atoms with Crippen LogP contribution < -0.4 is 5.32 Å². The van der Waals surface area contributed by atoms with Crippen LogP contribution in [0, 0.1) is 0 Å². The molecule has 2 rings (SSSR count). The lowest BCUT2D eigenvalue weighted by molar-refractivity contribution is -0.136. The average molecular weight is 310 g/mol. The molecule has 2 heterocycles. The average Bonchev–Trinajstić information content (AvgIpc) is 2.83. The molecule has 1 atom stereocenters. The number of hydrogen-bond acceptors (Lipinski definition) is 3. The van der Waals surface area contributed by atoms with E-state index in [4.69, 9.17) is 0 Å². The largest absolute Gasteiger partial charge is 0.341 e. The molecule has 6 nitrogen and oxygen atoms in total. The van der Waals surface area contributed by atoms with Gasteiger partial charge in [-0.15, -0.1) is 0 Å². The van der Waals surface area contributed by atoms with Crippen LogP contribution in [0.2, 0.25) is 0 Å². The summed E-state index contributed by atoms with van der Waals surface area (Å²) in [5.41, 5.74) is 0. The smallest absolute Gasteiger partial charge is 0.317 e. The quantitative estimate of drug-likeness (QED) is 0.850. The minimum absolute atomic E-state index is 0.00801. The number of hydrogen-bond donors (Lipinski definition) is 1. The van der Waals surface area contributed by atoms with Gasteiger partial charge in [0.05, 0.1) is 6.04 Å². The number of nitrogens with one attached hydrogen (secondary N) is 1. The first-order valence-corrected chi connectivity index (χ1v) is 8.69. The molecule has 0 aromatic heterocycles. The van der Waals surface area contributed by atoms with Crippen molar-refractivity contribution in [1.82, 2.24) is 20.0 Å². The molecular formula is C16H30N4O2. The molecule has 2 aliphatic heterocycles. The Hall–Kier alpha value is -1.30. The van der Waals surface area contributed by atoms with Crippen molar-refractivity contribution in [3.63, 3.8) is 0 Å². The molecule has 0 saturated carbocycles. The van der Waals surface area contributed by atoms with Gasteiger partial charge in [0.15, 0.2) is 0 Å². The van der Waals surface area contributed by atoms with Crippen LogP contribution in [0.15, 0.2) is 0 Å². The molecular weight excluding hydrogens is 280 g/mol. The van der Waals surface area contributed by atoms with Crippen molar-refractivity contribution < 1.29 is 9.59 Å². The van der Waals surface area contributed by atoms with Crippen molar-refractivity contribution in [2.45, 2.75) is 45.6 Å². The van der Waals surface area contributed by atoms with Crippen molar-refractivity contribution in [3.8, 4) is 0 Å². The number of rotatable bonds is 3. The van der Waals surface area contributed by atoms with Crippen molar-refractivity contribution in [2.75, 3.05) is 45.8 Å². The van der Waals surface area contributed by atoms with E-state index < -0.39 is 0 Å². The van der Waals surface area contributed by atoms with Crippen LogP contribution in [0.1, 0.15) is 39.5 Å². The lowest BCUT2D eigenvalue weighted by atomic mass is 10.2. The number of carbonyl (C=O) groups excluding carboxylic acids is 2. The van der Waals surface area contributed by atoms with Gasteiger partial charge in [-0.3, -0.25) is 9.69 Å². The maximum Gasteiger partial charge on any atom is 0.317 e. The van der Waals surface area contributed by atoms with Gasteiger partial charge in [-0.2, -0.15) is 0 Å². The van der Waals surface area contributed by atoms with Crippen LogP contribution in [0.4, 0.5) is 4.79 Å². The van der Waals surface area contributed by atoms with E-state index in [-0.39, 0.29) is 18.0 Å². The Kier molecular flexibility index (Phi) is 6.49. The Morgan fingerprint density at radius 3 is 2.05 bits per heavy atom. The van der Waals surface area contributed by atoms with Gasteiger partial charge >= 0.3 is 6.03 Å². The fourth-order valence-corrected chi connectivity index (χ4v) is 3.29. The molecule has 3 amide bonds. The summed E-state index contributed by atoms with van der Waals surface area (Å²) in [5.74, 6) is 0.258. The Balaban J connectivity index is 1.82. The van der Waals surface area contributed by atoms with Gasteiger partial charge in [-0.25, -0.2) is 4.79 Å². The topological polar surface area (TPSA) is 55.9 Å². The molecule has 2 fully saturated rings. The third-order valence-corrected chi connectivity index (χ3v) is 4.75. The van der Waals surface area contributed by atoms with E-state index in [0.29, 0.717) is 19.6 Å². The van der Waals surface area contributed by atoms with Crippen LogP contribution in [-0.2, 0) is 4.79 Å². The molecule has 1 N–H and O–H groups in total. The van der Waals surface area contributed by atoms with Gasteiger partial charge in [0, 0.05) is 45.8 Å². The predicted octanol–water partition coefficient (Wildman–Crippen LogP) is 1.12. The molecule has 126 valence electrons. The van der Waals surface area contributed by atoms with E-state index in [1.165, 1.54) is 12.8 Å². The molecule has 1 unspecified atom stereocenters. The summed E-state index contributed by atoms with van der Waals surface area (Å²) in [4.78, 5) is 30.6. The van der Waals surface area contributed by atoms with Gasteiger partial charge in [-0.1, -0.05) is 12.8 Å². The summed E-state index contributed by atoms with van der Waals surface area (Å²) in [7, 11) is 0. The highest BCUT2D eigenvalue weighted by Crippen LogP contribution is 2.14. The third-order valence-electron chi connectivity index (χ3n) is 4.75. The summed E-state index contributed by atoms with van der Waals surface area (Å²) in [6, 6.07) is -0.0665. The Labute approximate surface area is 133 Å².